The van der Waals surface area contributed by atoms with Gasteiger partial charge in [0.15, 0.2) is 6.29 Å². The minimum atomic E-state index is 0.692. The van der Waals surface area contributed by atoms with E-state index in [1.165, 1.54) is 0 Å². The van der Waals surface area contributed by atoms with E-state index < -0.39 is 0 Å². The van der Waals surface area contributed by atoms with Crippen LogP contribution in [0.25, 0.3) is 10.9 Å². The molecule has 3 heteroatoms. The van der Waals surface area contributed by atoms with Crippen molar-refractivity contribution >= 4 is 28.8 Å². The highest BCUT2D eigenvalue weighted by Gasteiger charge is 2.08. The average Bonchev–Trinajstić information content (AvgIpc) is 2.57. The number of carbonyl (C=O) groups excluding carboxylic acids is 1. The van der Waals surface area contributed by atoms with Gasteiger partial charge in [-0.15, -0.1) is 0 Å². The van der Waals surface area contributed by atoms with Crippen LogP contribution in [0, 0.1) is 0 Å². The van der Waals surface area contributed by atoms with Crippen LogP contribution in [0.4, 0.5) is 0 Å². The lowest BCUT2D eigenvalue weighted by atomic mass is 10.2. The minimum Gasteiger partial charge on any atom is -0.346 e. The lowest BCUT2D eigenvalue weighted by Gasteiger charge is -2.01. The second-order valence-corrected chi connectivity index (χ2v) is 3.53. The maximum Gasteiger partial charge on any atom is 0.152 e. The lowest BCUT2D eigenvalue weighted by Crippen LogP contribution is -1.90. The Hall–Kier alpha value is -1.28. The van der Waals surface area contributed by atoms with Crippen molar-refractivity contribution in [2.45, 2.75) is 13.5 Å². The SMILES string of the molecule is CCn1cc(C=O)c2cccc(Cl)c21. The molecule has 1 heterocycles. The summed E-state index contributed by atoms with van der Waals surface area (Å²) in [4.78, 5) is 10.8. The first-order valence-electron chi connectivity index (χ1n) is 4.50. The summed E-state index contributed by atoms with van der Waals surface area (Å²) >= 11 is 6.07. The number of aryl methyl sites for hydroxylation is 1. The number of hydrogen-bond donors (Lipinski definition) is 0. The number of carbonyl (C=O) groups is 1. The molecular weight excluding hydrogens is 198 g/mol. The molecule has 0 aliphatic carbocycles. The van der Waals surface area contributed by atoms with E-state index in [0.29, 0.717) is 10.6 Å². The molecule has 0 aliphatic rings. The van der Waals surface area contributed by atoms with E-state index in [1.807, 2.05) is 35.9 Å². The van der Waals surface area contributed by atoms with Gasteiger partial charge in [-0.25, -0.2) is 0 Å². The highest BCUT2D eigenvalue weighted by molar-refractivity contribution is 6.35. The van der Waals surface area contributed by atoms with Gasteiger partial charge in [-0.2, -0.15) is 0 Å². The van der Waals surface area contributed by atoms with Crippen molar-refractivity contribution in [1.29, 1.82) is 0 Å². The molecule has 2 aromatic rings. The van der Waals surface area contributed by atoms with Gasteiger partial charge < -0.3 is 4.57 Å². The molecule has 1 aromatic carbocycles. The van der Waals surface area contributed by atoms with E-state index in [1.54, 1.807) is 0 Å². The normalized spacial score (nSPS) is 10.7. The third kappa shape index (κ3) is 1.23. The van der Waals surface area contributed by atoms with Crippen LogP contribution in [-0.2, 0) is 6.54 Å². The molecule has 14 heavy (non-hydrogen) atoms. The van der Waals surface area contributed by atoms with Gasteiger partial charge in [0.05, 0.1) is 10.5 Å². The van der Waals surface area contributed by atoms with E-state index >= 15 is 0 Å². The Morgan fingerprint density at radius 3 is 2.93 bits per heavy atom. The van der Waals surface area contributed by atoms with Crippen LogP contribution in [0.5, 0.6) is 0 Å². The van der Waals surface area contributed by atoms with Crippen LogP contribution in [0.1, 0.15) is 17.3 Å². The maximum atomic E-state index is 10.8. The van der Waals surface area contributed by atoms with E-state index in [-0.39, 0.29) is 0 Å². The molecule has 0 unspecified atom stereocenters. The van der Waals surface area contributed by atoms with Crippen LogP contribution in [-0.4, -0.2) is 10.9 Å². The zero-order valence-electron chi connectivity index (χ0n) is 7.83. The van der Waals surface area contributed by atoms with Crippen LogP contribution < -0.4 is 0 Å². The van der Waals surface area contributed by atoms with Crippen molar-refractivity contribution in [2.24, 2.45) is 0 Å². The monoisotopic (exact) mass is 207 g/mol. The van der Waals surface area contributed by atoms with Gasteiger partial charge in [-0.3, -0.25) is 4.79 Å². The molecule has 0 amide bonds. The number of halogens is 1. The topological polar surface area (TPSA) is 22.0 Å². The summed E-state index contributed by atoms with van der Waals surface area (Å²) < 4.78 is 1.99. The van der Waals surface area contributed by atoms with Crippen LogP contribution >= 0.6 is 11.6 Å². The number of aldehydes is 1. The Morgan fingerprint density at radius 2 is 2.29 bits per heavy atom. The first-order chi connectivity index (χ1) is 6.77. The molecule has 2 rings (SSSR count). The van der Waals surface area contributed by atoms with E-state index in [4.69, 9.17) is 11.6 Å². The molecule has 0 fully saturated rings. The third-order valence-electron chi connectivity index (χ3n) is 2.35. The number of rotatable bonds is 2. The zero-order valence-corrected chi connectivity index (χ0v) is 8.58. The second kappa shape index (κ2) is 3.46. The highest BCUT2D eigenvalue weighted by Crippen LogP contribution is 2.27. The summed E-state index contributed by atoms with van der Waals surface area (Å²) in [6.45, 7) is 2.84. The molecule has 0 radical (unpaired) electrons. The van der Waals surface area contributed by atoms with Crippen molar-refractivity contribution in [3.8, 4) is 0 Å². The lowest BCUT2D eigenvalue weighted by molar-refractivity contribution is 0.112. The molecule has 0 spiro atoms. The highest BCUT2D eigenvalue weighted by atomic mass is 35.5. The largest absolute Gasteiger partial charge is 0.346 e. The molecule has 0 saturated heterocycles. The Bertz CT molecular complexity index is 487. The molecule has 0 atom stereocenters. The number of nitrogens with zero attached hydrogens (tertiary/aromatic N) is 1. The number of fused-ring (bicyclic) bond motifs is 1. The standard InChI is InChI=1S/C11H10ClNO/c1-2-13-6-8(7-14)9-4-3-5-10(12)11(9)13/h3-7H,2H2,1H3. The van der Waals surface area contributed by atoms with Crippen molar-refractivity contribution in [1.82, 2.24) is 4.57 Å². The molecule has 0 aliphatic heterocycles. The van der Waals surface area contributed by atoms with E-state index in [2.05, 4.69) is 0 Å². The van der Waals surface area contributed by atoms with Crippen molar-refractivity contribution in [2.75, 3.05) is 0 Å². The van der Waals surface area contributed by atoms with Gasteiger partial charge in [0.1, 0.15) is 0 Å². The molecule has 0 N–H and O–H groups in total. The first kappa shape index (κ1) is 9.28. The summed E-state index contributed by atoms with van der Waals surface area (Å²) in [7, 11) is 0. The summed E-state index contributed by atoms with van der Waals surface area (Å²) in [5, 5.41) is 1.62. The van der Waals surface area contributed by atoms with Crippen LogP contribution in [0.15, 0.2) is 24.4 Å². The van der Waals surface area contributed by atoms with E-state index in [0.717, 1.165) is 23.7 Å². The van der Waals surface area contributed by atoms with Gasteiger partial charge >= 0.3 is 0 Å². The number of aromatic nitrogens is 1. The molecule has 72 valence electrons. The predicted molar refractivity (Wildman–Crippen MR) is 58.0 cm³/mol. The van der Waals surface area contributed by atoms with Gasteiger partial charge in [0.25, 0.3) is 0 Å². The predicted octanol–water partition coefficient (Wildman–Crippen LogP) is 3.13. The Kier molecular flexibility index (Phi) is 2.30. The molecular formula is C11H10ClNO. The van der Waals surface area contributed by atoms with Crippen LogP contribution in [0.2, 0.25) is 5.02 Å². The Morgan fingerprint density at radius 1 is 1.50 bits per heavy atom. The van der Waals surface area contributed by atoms with Crippen molar-refractivity contribution in [3.05, 3.63) is 35.0 Å². The van der Waals surface area contributed by atoms with Gasteiger partial charge in [0, 0.05) is 23.7 Å². The Labute approximate surface area is 87.1 Å². The third-order valence-corrected chi connectivity index (χ3v) is 2.65. The van der Waals surface area contributed by atoms with Gasteiger partial charge in [-0.1, -0.05) is 23.7 Å². The summed E-state index contributed by atoms with van der Waals surface area (Å²) in [5.74, 6) is 0. The van der Waals surface area contributed by atoms with Crippen LogP contribution in [0.3, 0.4) is 0 Å². The summed E-state index contributed by atoms with van der Waals surface area (Å²) in [5.41, 5.74) is 1.64. The number of hydrogen-bond acceptors (Lipinski definition) is 1. The molecule has 2 nitrogen and oxygen atoms in total. The Balaban J connectivity index is 2.88. The van der Waals surface area contributed by atoms with E-state index in [9.17, 15) is 4.79 Å². The quantitative estimate of drug-likeness (QED) is 0.694. The molecule has 0 bridgehead atoms. The average molecular weight is 208 g/mol. The second-order valence-electron chi connectivity index (χ2n) is 3.12. The van der Waals surface area contributed by atoms with Gasteiger partial charge in [0.2, 0.25) is 0 Å². The fourth-order valence-electron chi connectivity index (χ4n) is 1.69. The summed E-state index contributed by atoms with van der Waals surface area (Å²) in [6.07, 6.45) is 2.70. The fourth-order valence-corrected chi connectivity index (χ4v) is 1.97. The van der Waals surface area contributed by atoms with Crippen molar-refractivity contribution in [3.63, 3.8) is 0 Å². The smallest absolute Gasteiger partial charge is 0.152 e. The summed E-state index contributed by atoms with van der Waals surface area (Å²) in [6, 6.07) is 5.61. The molecule has 0 saturated carbocycles. The van der Waals surface area contributed by atoms with Crippen molar-refractivity contribution < 1.29 is 4.79 Å². The van der Waals surface area contributed by atoms with Gasteiger partial charge in [-0.05, 0) is 13.0 Å². The number of benzene rings is 1. The fraction of sp³-hybridized carbons (Fsp3) is 0.182. The number of para-hydroxylation sites is 1. The zero-order chi connectivity index (χ0) is 10.1. The maximum absolute atomic E-state index is 10.8. The first-order valence-corrected chi connectivity index (χ1v) is 4.88. The minimum absolute atomic E-state index is 0.692. The molecule has 1 aromatic heterocycles.